The second kappa shape index (κ2) is 6.20. The van der Waals surface area contributed by atoms with Crippen LogP contribution in [-0.4, -0.2) is 17.5 Å². The summed E-state index contributed by atoms with van der Waals surface area (Å²) in [5.41, 5.74) is 5.74. The predicted molar refractivity (Wildman–Crippen MR) is 109 cm³/mol. The standard InChI is InChI=1S/C22H28S/c1-5-7-17-23(3,4)22(16-6-2)20-14-10-8-12-18(20)19-13-9-11-15-21(19)22/h8-15H,3-7,16-17H2,1-2H3. The van der Waals surface area contributed by atoms with Crippen LogP contribution >= 0.6 is 9.21 Å². The van der Waals surface area contributed by atoms with Gasteiger partial charge in [0.05, 0.1) is 4.75 Å². The van der Waals surface area contributed by atoms with Crippen molar-refractivity contribution < 1.29 is 0 Å². The molecule has 3 rings (SSSR count). The minimum absolute atomic E-state index is 0.0180. The van der Waals surface area contributed by atoms with Gasteiger partial charge in [0.1, 0.15) is 0 Å². The zero-order chi connectivity index (χ0) is 16.5. The lowest BCUT2D eigenvalue weighted by molar-refractivity contribution is 0.655. The average molecular weight is 325 g/mol. The van der Waals surface area contributed by atoms with Gasteiger partial charge in [0.25, 0.3) is 0 Å². The third-order valence-corrected chi connectivity index (χ3v) is 8.44. The first-order valence-electron chi connectivity index (χ1n) is 8.74. The van der Waals surface area contributed by atoms with Crippen LogP contribution in [0.4, 0.5) is 0 Å². The summed E-state index contributed by atoms with van der Waals surface area (Å²) < 4.78 is 0.0180. The van der Waals surface area contributed by atoms with E-state index in [0.29, 0.717) is 0 Å². The summed E-state index contributed by atoms with van der Waals surface area (Å²) >= 11 is 0. The Bertz CT molecular complexity index is 751. The second-order valence-corrected chi connectivity index (χ2v) is 9.97. The maximum Gasteiger partial charge on any atom is 0.0570 e. The zero-order valence-corrected chi connectivity index (χ0v) is 15.3. The van der Waals surface area contributed by atoms with Gasteiger partial charge in [0.15, 0.2) is 0 Å². The van der Waals surface area contributed by atoms with E-state index in [-0.39, 0.29) is 4.75 Å². The number of benzene rings is 2. The Labute approximate surface area is 142 Å². The largest absolute Gasteiger partial charge is 0.200 e. The summed E-state index contributed by atoms with van der Waals surface area (Å²) in [5.74, 6) is 10.6. The van der Waals surface area contributed by atoms with Crippen LogP contribution in [0.2, 0.25) is 0 Å². The topological polar surface area (TPSA) is 0 Å². The van der Waals surface area contributed by atoms with Crippen LogP contribution in [0.25, 0.3) is 11.1 Å². The highest BCUT2D eigenvalue weighted by Crippen LogP contribution is 2.62. The summed E-state index contributed by atoms with van der Waals surface area (Å²) in [4.78, 5) is 0. The number of unbranched alkanes of at least 4 members (excludes halogenated alkanes) is 1. The van der Waals surface area contributed by atoms with Crippen molar-refractivity contribution in [1.82, 2.24) is 0 Å². The van der Waals surface area contributed by atoms with E-state index in [1.165, 1.54) is 35.1 Å². The van der Waals surface area contributed by atoms with Crippen LogP contribution in [0.5, 0.6) is 0 Å². The quantitative estimate of drug-likeness (QED) is 0.557. The Morgan fingerprint density at radius 1 is 0.826 bits per heavy atom. The molecule has 0 bridgehead atoms. The molecule has 2 aromatic carbocycles. The maximum absolute atomic E-state index is 4.75. The van der Waals surface area contributed by atoms with Crippen molar-refractivity contribution in [2.24, 2.45) is 0 Å². The fraction of sp³-hybridized carbons (Fsp3) is 0.364. The number of hydrogen-bond donors (Lipinski definition) is 0. The number of hydrogen-bond acceptors (Lipinski definition) is 0. The molecule has 0 aliphatic heterocycles. The summed E-state index contributed by atoms with van der Waals surface area (Å²) in [7, 11) is -1.27. The highest BCUT2D eigenvalue weighted by atomic mass is 32.2. The van der Waals surface area contributed by atoms with Crippen LogP contribution in [0, 0.1) is 0 Å². The molecule has 0 atom stereocenters. The van der Waals surface area contributed by atoms with Crippen LogP contribution in [0.15, 0.2) is 48.5 Å². The fourth-order valence-electron chi connectivity index (χ4n) is 4.18. The Kier molecular flexibility index (Phi) is 4.42. The van der Waals surface area contributed by atoms with Crippen molar-refractivity contribution in [2.75, 3.05) is 5.75 Å². The van der Waals surface area contributed by atoms with Crippen molar-refractivity contribution in [3.05, 3.63) is 59.7 Å². The molecule has 0 saturated heterocycles. The minimum Gasteiger partial charge on any atom is -0.200 e. The molecule has 0 heterocycles. The van der Waals surface area contributed by atoms with E-state index in [4.69, 9.17) is 11.7 Å². The molecule has 0 spiro atoms. The van der Waals surface area contributed by atoms with Crippen LogP contribution in [0.1, 0.15) is 50.7 Å². The third kappa shape index (κ3) is 2.37. The predicted octanol–water partition coefficient (Wildman–Crippen LogP) is 6.18. The zero-order valence-electron chi connectivity index (χ0n) is 14.5. The first kappa shape index (κ1) is 16.4. The molecule has 0 unspecified atom stereocenters. The molecule has 1 aliphatic carbocycles. The van der Waals surface area contributed by atoms with Gasteiger partial charge in [-0.1, -0.05) is 87.0 Å². The summed E-state index contributed by atoms with van der Waals surface area (Å²) in [6.45, 7) is 4.55. The van der Waals surface area contributed by atoms with Gasteiger partial charge >= 0.3 is 0 Å². The number of fused-ring (bicyclic) bond motifs is 3. The van der Waals surface area contributed by atoms with Gasteiger partial charge in [-0.2, -0.15) is 0 Å². The second-order valence-electron chi connectivity index (χ2n) is 6.77. The molecule has 0 saturated carbocycles. The lowest BCUT2D eigenvalue weighted by Crippen LogP contribution is -2.26. The smallest absolute Gasteiger partial charge is 0.0570 e. The molecule has 0 aromatic heterocycles. The van der Waals surface area contributed by atoms with Gasteiger partial charge in [-0.05, 0) is 40.8 Å². The molecule has 0 amide bonds. The monoisotopic (exact) mass is 324 g/mol. The van der Waals surface area contributed by atoms with Gasteiger partial charge < -0.3 is 0 Å². The van der Waals surface area contributed by atoms with Crippen LogP contribution in [0.3, 0.4) is 0 Å². The molecule has 2 aromatic rings. The summed E-state index contributed by atoms with van der Waals surface area (Å²) in [5, 5.41) is 0. The van der Waals surface area contributed by atoms with E-state index < -0.39 is 9.21 Å². The van der Waals surface area contributed by atoms with E-state index in [1.54, 1.807) is 0 Å². The maximum atomic E-state index is 4.75. The highest BCUT2D eigenvalue weighted by molar-refractivity contribution is 8.28. The average Bonchev–Trinajstić information content (AvgIpc) is 2.86. The van der Waals surface area contributed by atoms with E-state index >= 15 is 0 Å². The van der Waals surface area contributed by atoms with Crippen molar-refractivity contribution in [2.45, 2.75) is 44.3 Å². The molecule has 0 nitrogen and oxygen atoms in total. The van der Waals surface area contributed by atoms with E-state index in [0.717, 1.165) is 18.6 Å². The van der Waals surface area contributed by atoms with Crippen molar-refractivity contribution in [3.63, 3.8) is 0 Å². The molecule has 122 valence electrons. The van der Waals surface area contributed by atoms with E-state index in [2.05, 4.69) is 62.4 Å². The Morgan fingerprint density at radius 2 is 1.35 bits per heavy atom. The first-order valence-corrected chi connectivity index (χ1v) is 10.9. The van der Waals surface area contributed by atoms with Crippen molar-refractivity contribution in [1.29, 1.82) is 0 Å². The van der Waals surface area contributed by atoms with Crippen molar-refractivity contribution in [3.8, 4) is 11.1 Å². The molecule has 0 fully saturated rings. The van der Waals surface area contributed by atoms with Gasteiger partial charge in [0.2, 0.25) is 0 Å². The Hall–Kier alpha value is -1.47. The molecule has 1 aliphatic rings. The lowest BCUT2D eigenvalue weighted by Gasteiger charge is -2.40. The molecule has 0 radical (unpaired) electrons. The van der Waals surface area contributed by atoms with E-state index in [1.807, 2.05) is 0 Å². The van der Waals surface area contributed by atoms with Gasteiger partial charge in [-0.25, -0.2) is 9.21 Å². The van der Waals surface area contributed by atoms with Gasteiger partial charge in [-0.15, -0.1) is 0 Å². The minimum atomic E-state index is -1.27. The Balaban J connectivity index is 2.32. The fourth-order valence-corrected chi connectivity index (χ4v) is 7.30. The third-order valence-electron chi connectivity index (χ3n) is 5.24. The van der Waals surface area contributed by atoms with Gasteiger partial charge in [0, 0.05) is 0 Å². The molecule has 0 N–H and O–H groups in total. The summed E-state index contributed by atoms with van der Waals surface area (Å²) in [6, 6.07) is 17.9. The Morgan fingerprint density at radius 3 is 1.83 bits per heavy atom. The van der Waals surface area contributed by atoms with Crippen LogP contribution < -0.4 is 0 Å². The molecular formula is C22H28S. The lowest BCUT2D eigenvalue weighted by atomic mass is 9.91. The molecule has 1 heteroatoms. The van der Waals surface area contributed by atoms with Gasteiger partial charge in [-0.3, -0.25) is 0 Å². The normalized spacial score (nSPS) is 15.2. The molecule has 23 heavy (non-hydrogen) atoms. The van der Waals surface area contributed by atoms with E-state index in [9.17, 15) is 0 Å². The SMILES string of the molecule is C=S(=C)(CCCC)C1(CCC)c2ccccc2-c2ccccc21. The highest BCUT2D eigenvalue weighted by Gasteiger charge is 2.44. The summed E-state index contributed by atoms with van der Waals surface area (Å²) in [6.07, 6.45) is 4.74. The number of rotatable bonds is 6. The first-order chi connectivity index (χ1) is 11.1. The molecular weight excluding hydrogens is 296 g/mol. The van der Waals surface area contributed by atoms with Crippen LogP contribution in [-0.2, 0) is 4.75 Å². The van der Waals surface area contributed by atoms with Crippen molar-refractivity contribution >= 4 is 20.9 Å².